The van der Waals surface area contributed by atoms with Gasteiger partial charge in [0.05, 0.1) is 21.8 Å². The molecule has 1 aromatic carbocycles. The molecule has 3 rings (SSSR count). The predicted octanol–water partition coefficient (Wildman–Crippen LogP) is 5.78. The van der Waals surface area contributed by atoms with Crippen molar-refractivity contribution in [2.45, 2.75) is 19.9 Å². The third kappa shape index (κ3) is 3.98. The van der Waals surface area contributed by atoms with Gasteiger partial charge in [0.25, 0.3) is 0 Å². The van der Waals surface area contributed by atoms with Gasteiger partial charge in [-0.3, -0.25) is 4.99 Å². The minimum absolute atomic E-state index is 0.195. The molecule has 0 fully saturated rings. The van der Waals surface area contributed by atoms with Crippen LogP contribution in [0.1, 0.15) is 19.4 Å². The first kappa shape index (κ1) is 17.4. The maximum Gasteiger partial charge on any atom is 0.206 e. The molecule has 0 saturated carbocycles. The summed E-state index contributed by atoms with van der Waals surface area (Å²) < 4.78 is 1.86. The van der Waals surface area contributed by atoms with E-state index in [-0.39, 0.29) is 6.04 Å². The second-order valence-electron chi connectivity index (χ2n) is 5.33. The van der Waals surface area contributed by atoms with Crippen molar-refractivity contribution >= 4 is 52.1 Å². The minimum Gasteiger partial charge on any atom is -0.255 e. The molecular formula is C17H15Cl2N3S2. The van der Waals surface area contributed by atoms with Gasteiger partial charge in [-0.15, -0.1) is 22.7 Å². The zero-order valence-corrected chi connectivity index (χ0v) is 16.3. The summed E-state index contributed by atoms with van der Waals surface area (Å²) in [5, 5.41) is 9.93. The smallest absolute Gasteiger partial charge is 0.206 e. The van der Waals surface area contributed by atoms with Crippen molar-refractivity contribution < 1.29 is 0 Å². The Bertz CT molecular complexity index is 922. The molecule has 0 unspecified atom stereocenters. The van der Waals surface area contributed by atoms with Crippen LogP contribution in [-0.2, 0) is 0 Å². The predicted molar refractivity (Wildman–Crippen MR) is 106 cm³/mol. The van der Waals surface area contributed by atoms with Gasteiger partial charge in [0.2, 0.25) is 4.80 Å². The number of benzene rings is 1. The molecule has 3 aromatic rings. The Morgan fingerprint density at radius 3 is 2.67 bits per heavy atom. The van der Waals surface area contributed by atoms with E-state index < -0.39 is 0 Å². The molecule has 24 heavy (non-hydrogen) atoms. The van der Waals surface area contributed by atoms with Gasteiger partial charge in [0.1, 0.15) is 0 Å². The van der Waals surface area contributed by atoms with Crippen molar-refractivity contribution in [3.8, 4) is 10.6 Å². The average molecular weight is 396 g/mol. The van der Waals surface area contributed by atoms with E-state index in [1.165, 1.54) is 0 Å². The molecule has 0 aliphatic heterocycles. The Hall–Kier alpha value is -1.40. The molecule has 3 nitrogen and oxygen atoms in total. The van der Waals surface area contributed by atoms with Gasteiger partial charge < -0.3 is 0 Å². The molecule has 2 aromatic heterocycles. The van der Waals surface area contributed by atoms with E-state index in [1.807, 2.05) is 16.8 Å². The summed E-state index contributed by atoms with van der Waals surface area (Å²) in [7, 11) is 0. The van der Waals surface area contributed by atoms with E-state index in [2.05, 4.69) is 40.8 Å². The van der Waals surface area contributed by atoms with Gasteiger partial charge in [-0.1, -0.05) is 35.3 Å². The van der Waals surface area contributed by atoms with Crippen molar-refractivity contribution in [1.82, 2.24) is 4.68 Å². The van der Waals surface area contributed by atoms with Gasteiger partial charge in [0, 0.05) is 22.0 Å². The summed E-state index contributed by atoms with van der Waals surface area (Å²) in [6.07, 6.45) is 1.74. The molecular weight excluding hydrogens is 381 g/mol. The SMILES string of the molecule is CC(C)N=c1scc(-c2cccs2)n1N=Cc1ccc(Cl)cc1Cl. The molecule has 0 radical (unpaired) electrons. The van der Waals surface area contributed by atoms with E-state index >= 15 is 0 Å². The van der Waals surface area contributed by atoms with E-state index in [0.717, 1.165) is 20.9 Å². The lowest BCUT2D eigenvalue weighted by Crippen LogP contribution is -2.14. The van der Waals surface area contributed by atoms with Crippen LogP contribution in [0, 0.1) is 0 Å². The second kappa shape index (κ2) is 7.66. The molecule has 0 bridgehead atoms. The molecule has 2 heterocycles. The van der Waals surface area contributed by atoms with Crippen LogP contribution < -0.4 is 4.80 Å². The highest BCUT2D eigenvalue weighted by Crippen LogP contribution is 2.25. The van der Waals surface area contributed by atoms with Crippen molar-refractivity contribution in [2.24, 2.45) is 10.1 Å². The number of hydrogen-bond donors (Lipinski definition) is 0. The zero-order valence-electron chi connectivity index (χ0n) is 13.1. The molecule has 0 amide bonds. The fourth-order valence-corrected chi connectivity index (χ4v) is 4.26. The lowest BCUT2D eigenvalue weighted by atomic mass is 10.2. The number of thiazole rings is 1. The molecule has 0 N–H and O–H groups in total. The fraction of sp³-hybridized carbons (Fsp3) is 0.176. The number of halogens is 2. The summed E-state index contributed by atoms with van der Waals surface area (Å²) in [4.78, 5) is 6.66. The molecule has 0 aliphatic rings. The minimum atomic E-state index is 0.195. The summed E-state index contributed by atoms with van der Waals surface area (Å²) in [6, 6.07) is 9.66. The van der Waals surface area contributed by atoms with Gasteiger partial charge in [-0.2, -0.15) is 5.10 Å². The third-order valence-corrected chi connectivity index (χ3v) is 5.39. The van der Waals surface area contributed by atoms with Gasteiger partial charge in [0.15, 0.2) is 0 Å². The number of thiophene rings is 1. The quantitative estimate of drug-likeness (QED) is 0.501. The van der Waals surface area contributed by atoms with Crippen LogP contribution in [0.15, 0.2) is 51.2 Å². The summed E-state index contributed by atoms with van der Waals surface area (Å²) in [5.41, 5.74) is 1.84. The van der Waals surface area contributed by atoms with Crippen LogP contribution in [0.25, 0.3) is 10.6 Å². The zero-order chi connectivity index (χ0) is 17.1. The largest absolute Gasteiger partial charge is 0.255 e. The molecule has 7 heteroatoms. The van der Waals surface area contributed by atoms with Crippen LogP contribution in [0.3, 0.4) is 0 Å². The van der Waals surface area contributed by atoms with Crippen molar-refractivity contribution in [1.29, 1.82) is 0 Å². The Morgan fingerprint density at radius 2 is 2.00 bits per heavy atom. The maximum atomic E-state index is 6.23. The van der Waals surface area contributed by atoms with E-state index in [1.54, 1.807) is 41.0 Å². The van der Waals surface area contributed by atoms with Crippen LogP contribution in [0.4, 0.5) is 0 Å². The summed E-state index contributed by atoms with van der Waals surface area (Å²) in [6.45, 7) is 4.10. The van der Waals surface area contributed by atoms with Gasteiger partial charge in [-0.05, 0) is 37.4 Å². The first-order chi connectivity index (χ1) is 11.5. The first-order valence-electron chi connectivity index (χ1n) is 7.32. The molecule has 0 atom stereocenters. The fourth-order valence-electron chi connectivity index (χ4n) is 2.04. The van der Waals surface area contributed by atoms with Crippen LogP contribution in [-0.4, -0.2) is 16.9 Å². The highest BCUT2D eigenvalue weighted by atomic mass is 35.5. The maximum absolute atomic E-state index is 6.23. The highest BCUT2D eigenvalue weighted by molar-refractivity contribution is 7.14. The standard InChI is InChI=1S/C17H15Cl2N3S2/c1-11(2)21-17-22(15(10-24-17)16-4-3-7-23-16)20-9-12-5-6-13(18)8-14(12)19/h3-11H,1-2H3. The Kier molecular flexibility index (Phi) is 5.56. The third-order valence-electron chi connectivity index (χ3n) is 3.10. The van der Waals surface area contributed by atoms with Crippen LogP contribution in [0.5, 0.6) is 0 Å². The molecule has 0 spiro atoms. The lowest BCUT2D eigenvalue weighted by Gasteiger charge is -2.03. The van der Waals surface area contributed by atoms with E-state index in [9.17, 15) is 0 Å². The van der Waals surface area contributed by atoms with Crippen LogP contribution >= 0.6 is 45.9 Å². The van der Waals surface area contributed by atoms with Gasteiger partial charge >= 0.3 is 0 Å². The molecule has 124 valence electrons. The van der Waals surface area contributed by atoms with E-state index in [0.29, 0.717) is 10.0 Å². The number of rotatable bonds is 4. The van der Waals surface area contributed by atoms with Crippen molar-refractivity contribution in [3.05, 3.63) is 61.5 Å². The summed E-state index contributed by atoms with van der Waals surface area (Å²) >= 11 is 15.4. The Balaban J connectivity index is 2.08. The monoisotopic (exact) mass is 395 g/mol. The molecule has 0 saturated heterocycles. The van der Waals surface area contributed by atoms with Gasteiger partial charge in [-0.25, -0.2) is 4.68 Å². The number of aromatic nitrogens is 1. The summed E-state index contributed by atoms with van der Waals surface area (Å²) in [5.74, 6) is 0. The van der Waals surface area contributed by atoms with E-state index in [4.69, 9.17) is 23.2 Å². The van der Waals surface area contributed by atoms with Crippen LogP contribution in [0.2, 0.25) is 10.0 Å². The lowest BCUT2D eigenvalue weighted by molar-refractivity contribution is 0.755. The van der Waals surface area contributed by atoms with Crippen molar-refractivity contribution in [3.63, 3.8) is 0 Å². The average Bonchev–Trinajstić information content (AvgIpc) is 3.15. The number of nitrogens with zero attached hydrogens (tertiary/aromatic N) is 3. The normalized spacial score (nSPS) is 12.6. The second-order valence-corrected chi connectivity index (χ2v) is 7.95. The highest BCUT2D eigenvalue weighted by Gasteiger charge is 2.09. The first-order valence-corrected chi connectivity index (χ1v) is 9.84. The Morgan fingerprint density at radius 1 is 1.17 bits per heavy atom. The van der Waals surface area contributed by atoms with Crippen molar-refractivity contribution in [2.75, 3.05) is 0 Å². The molecule has 0 aliphatic carbocycles. The number of hydrogen-bond acceptors (Lipinski definition) is 4. The topological polar surface area (TPSA) is 29.6 Å². The Labute approximate surface area is 158 Å².